The van der Waals surface area contributed by atoms with Gasteiger partial charge in [0.2, 0.25) is 0 Å². The van der Waals surface area contributed by atoms with Crippen LogP contribution < -0.4 is 5.32 Å². The molecule has 0 atom stereocenters. The van der Waals surface area contributed by atoms with Gasteiger partial charge < -0.3 is 9.88 Å². The van der Waals surface area contributed by atoms with E-state index >= 15 is 0 Å². The van der Waals surface area contributed by atoms with Crippen molar-refractivity contribution in [1.29, 1.82) is 0 Å². The Morgan fingerprint density at radius 2 is 2.20 bits per heavy atom. The summed E-state index contributed by atoms with van der Waals surface area (Å²) in [7, 11) is 0. The first-order valence-electron chi connectivity index (χ1n) is 4.83. The average molecular weight is 221 g/mol. The molecule has 0 aliphatic carbocycles. The number of aromatic nitrogens is 1. The Labute approximate surface area is 91.6 Å². The van der Waals surface area contributed by atoms with Crippen molar-refractivity contribution in [3.63, 3.8) is 0 Å². The van der Waals surface area contributed by atoms with Gasteiger partial charge >= 0.3 is 0 Å². The molecular weight excluding hydrogens is 212 g/mol. The monoisotopic (exact) mass is 220 g/mol. The normalized spacial score (nSPS) is 15.1. The van der Waals surface area contributed by atoms with Crippen LogP contribution in [0.2, 0.25) is 5.02 Å². The Kier molecular flexibility index (Phi) is 1.76. The fraction of sp³-hybridized carbons (Fsp3) is 0.182. The van der Waals surface area contributed by atoms with Crippen LogP contribution in [0.15, 0.2) is 24.4 Å². The number of amides is 1. The van der Waals surface area contributed by atoms with E-state index in [9.17, 15) is 4.79 Å². The van der Waals surface area contributed by atoms with E-state index in [1.807, 2.05) is 18.3 Å². The van der Waals surface area contributed by atoms with Crippen LogP contribution in [-0.2, 0) is 6.54 Å². The maximum Gasteiger partial charge on any atom is 0.255 e. The molecule has 3 rings (SSSR count). The van der Waals surface area contributed by atoms with Gasteiger partial charge in [-0.15, -0.1) is 0 Å². The first-order chi connectivity index (χ1) is 7.27. The number of nitrogens with zero attached hydrogens (tertiary/aromatic N) is 1. The summed E-state index contributed by atoms with van der Waals surface area (Å²) in [6.45, 7) is 1.44. The second kappa shape index (κ2) is 3.00. The Hall–Kier alpha value is -1.48. The van der Waals surface area contributed by atoms with Crippen molar-refractivity contribution in [2.24, 2.45) is 0 Å². The molecule has 0 radical (unpaired) electrons. The largest absolute Gasteiger partial charge is 0.350 e. The van der Waals surface area contributed by atoms with Crippen molar-refractivity contribution in [3.8, 4) is 0 Å². The van der Waals surface area contributed by atoms with Gasteiger partial charge in [-0.05, 0) is 12.1 Å². The summed E-state index contributed by atoms with van der Waals surface area (Å²) in [4.78, 5) is 11.8. The fourth-order valence-corrected chi connectivity index (χ4v) is 2.29. The lowest BCUT2D eigenvalue weighted by molar-refractivity contribution is 0.0957. The van der Waals surface area contributed by atoms with E-state index in [0.29, 0.717) is 17.1 Å². The second-order valence-corrected chi connectivity index (χ2v) is 4.03. The summed E-state index contributed by atoms with van der Waals surface area (Å²) in [6.07, 6.45) is 1.99. The van der Waals surface area contributed by atoms with Gasteiger partial charge in [0.1, 0.15) is 0 Å². The minimum atomic E-state index is -0.0805. The molecule has 0 saturated heterocycles. The molecule has 0 bridgehead atoms. The molecule has 1 aliphatic heterocycles. The van der Waals surface area contributed by atoms with Crippen LogP contribution in [0, 0.1) is 0 Å². The lowest BCUT2D eigenvalue weighted by Crippen LogP contribution is -2.24. The first kappa shape index (κ1) is 8.80. The van der Waals surface area contributed by atoms with Crippen LogP contribution in [0.3, 0.4) is 0 Å². The molecule has 0 unspecified atom stereocenters. The molecule has 15 heavy (non-hydrogen) atoms. The van der Waals surface area contributed by atoms with Crippen LogP contribution in [0.5, 0.6) is 0 Å². The predicted octanol–water partition coefficient (Wildman–Crippen LogP) is 2.04. The highest BCUT2D eigenvalue weighted by Crippen LogP contribution is 2.28. The van der Waals surface area contributed by atoms with Crippen molar-refractivity contribution in [2.45, 2.75) is 6.54 Å². The van der Waals surface area contributed by atoms with E-state index in [2.05, 4.69) is 9.88 Å². The van der Waals surface area contributed by atoms with Gasteiger partial charge in [0.25, 0.3) is 5.91 Å². The zero-order valence-electron chi connectivity index (χ0n) is 7.96. The number of hydrogen-bond acceptors (Lipinski definition) is 1. The number of hydrogen-bond donors (Lipinski definition) is 1. The van der Waals surface area contributed by atoms with Gasteiger partial charge in [-0.1, -0.05) is 17.7 Å². The molecule has 2 heterocycles. The Morgan fingerprint density at radius 1 is 1.33 bits per heavy atom. The highest BCUT2D eigenvalue weighted by molar-refractivity contribution is 6.35. The number of halogens is 1. The molecule has 0 spiro atoms. The zero-order chi connectivity index (χ0) is 10.4. The van der Waals surface area contributed by atoms with Crippen molar-refractivity contribution in [2.75, 3.05) is 6.54 Å². The van der Waals surface area contributed by atoms with Crippen molar-refractivity contribution in [3.05, 3.63) is 35.0 Å². The van der Waals surface area contributed by atoms with Crippen molar-refractivity contribution < 1.29 is 4.79 Å². The highest BCUT2D eigenvalue weighted by Gasteiger charge is 2.19. The van der Waals surface area contributed by atoms with E-state index < -0.39 is 0 Å². The number of nitrogens with one attached hydrogen (secondary N) is 1. The lowest BCUT2D eigenvalue weighted by atomic mass is 10.1. The van der Waals surface area contributed by atoms with Gasteiger partial charge in [0.05, 0.1) is 16.1 Å². The van der Waals surface area contributed by atoms with Gasteiger partial charge in [-0.25, -0.2) is 0 Å². The third-order valence-corrected chi connectivity index (χ3v) is 3.06. The number of carbonyl (C=O) groups is 1. The molecule has 1 aromatic heterocycles. The molecule has 4 heteroatoms. The van der Waals surface area contributed by atoms with Crippen molar-refractivity contribution >= 4 is 28.4 Å². The summed E-state index contributed by atoms with van der Waals surface area (Å²) >= 11 is 6.06. The van der Waals surface area contributed by atoms with Gasteiger partial charge in [0.15, 0.2) is 0 Å². The summed E-state index contributed by atoms with van der Waals surface area (Å²) in [6, 6.07) is 5.72. The molecule has 2 aromatic rings. The first-order valence-corrected chi connectivity index (χ1v) is 5.21. The standard InChI is InChI=1S/C11H9ClN2O/c12-8-2-1-7-3-5-14-6-4-13-11(15)9(8)10(7)14/h1-3,5H,4,6H2,(H,13,15). The molecule has 1 N–H and O–H groups in total. The molecular formula is C11H9ClN2O. The number of carbonyl (C=O) groups excluding carboxylic acids is 1. The molecule has 3 nitrogen and oxygen atoms in total. The SMILES string of the molecule is O=C1NCCn2ccc3ccc(Cl)c1c32. The van der Waals surface area contributed by atoms with E-state index in [0.717, 1.165) is 17.4 Å². The molecule has 1 amide bonds. The van der Waals surface area contributed by atoms with E-state index in [4.69, 9.17) is 11.6 Å². The van der Waals surface area contributed by atoms with Gasteiger partial charge in [-0.3, -0.25) is 4.79 Å². The predicted molar refractivity (Wildman–Crippen MR) is 59.3 cm³/mol. The number of benzene rings is 1. The molecule has 1 aliphatic rings. The fourth-order valence-electron chi connectivity index (χ4n) is 2.05. The topological polar surface area (TPSA) is 34.0 Å². The summed E-state index contributed by atoms with van der Waals surface area (Å²) in [5, 5.41) is 4.41. The van der Waals surface area contributed by atoms with E-state index in [1.165, 1.54) is 0 Å². The smallest absolute Gasteiger partial charge is 0.255 e. The number of rotatable bonds is 0. The Balaban J connectivity index is 2.48. The highest BCUT2D eigenvalue weighted by atomic mass is 35.5. The van der Waals surface area contributed by atoms with Crippen LogP contribution in [-0.4, -0.2) is 17.0 Å². The summed E-state index contributed by atoms with van der Waals surface area (Å²) in [5.41, 5.74) is 1.54. The Morgan fingerprint density at radius 3 is 3.07 bits per heavy atom. The molecule has 0 fully saturated rings. The Bertz CT molecular complexity index is 559. The minimum absolute atomic E-state index is 0.0805. The van der Waals surface area contributed by atoms with Crippen LogP contribution in [0.25, 0.3) is 10.9 Å². The minimum Gasteiger partial charge on any atom is -0.350 e. The van der Waals surface area contributed by atoms with Crippen LogP contribution >= 0.6 is 11.6 Å². The molecule has 0 saturated carbocycles. The van der Waals surface area contributed by atoms with Crippen molar-refractivity contribution in [1.82, 2.24) is 9.88 Å². The second-order valence-electron chi connectivity index (χ2n) is 3.63. The molecule has 76 valence electrons. The average Bonchev–Trinajstić information content (AvgIpc) is 2.53. The quantitative estimate of drug-likeness (QED) is 0.724. The maximum absolute atomic E-state index is 11.8. The van der Waals surface area contributed by atoms with Gasteiger partial charge in [0, 0.05) is 24.7 Å². The van der Waals surface area contributed by atoms with E-state index in [1.54, 1.807) is 6.07 Å². The van der Waals surface area contributed by atoms with Crippen LogP contribution in [0.1, 0.15) is 10.4 Å². The third-order valence-electron chi connectivity index (χ3n) is 2.74. The van der Waals surface area contributed by atoms with Gasteiger partial charge in [-0.2, -0.15) is 0 Å². The third kappa shape index (κ3) is 1.16. The van der Waals surface area contributed by atoms with Crippen LogP contribution in [0.4, 0.5) is 0 Å². The molecule has 1 aromatic carbocycles. The lowest BCUT2D eigenvalue weighted by Gasteiger charge is -2.04. The van der Waals surface area contributed by atoms with E-state index in [-0.39, 0.29) is 5.91 Å². The maximum atomic E-state index is 11.8. The summed E-state index contributed by atoms with van der Waals surface area (Å²) in [5.74, 6) is -0.0805. The summed E-state index contributed by atoms with van der Waals surface area (Å²) < 4.78 is 2.06. The zero-order valence-corrected chi connectivity index (χ0v) is 8.71.